The minimum atomic E-state index is 0.0879. The van der Waals surface area contributed by atoms with E-state index in [9.17, 15) is 0 Å². The number of guanidine groups is 1. The number of pyridine rings is 1. The number of nitrogens with zero attached hydrogens (tertiary/aromatic N) is 2. The molecule has 0 aliphatic rings. The molecule has 2 rings (SSSR count). The molecule has 4 heteroatoms. The van der Waals surface area contributed by atoms with E-state index in [4.69, 9.17) is 11.5 Å². The van der Waals surface area contributed by atoms with Gasteiger partial charge in [-0.1, -0.05) is 24.3 Å². The normalized spacial score (nSPS) is 10.1. The van der Waals surface area contributed by atoms with Crippen LogP contribution in [0.2, 0.25) is 0 Å². The van der Waals surface area contributed by atoms with Crippen molar-refractivity contribution in [1.82, 2.24) is 4.98 Å². The number of hydrogen-bond donors (Lipinski definition) is 2. The van der Waals surface area contributed by atoms with Crippen LogP contribution < -0.4 is 11.5 Å². The zero-order valence-corrected chi connectivity index (χ0v) is 8.22. The van der Waals surface area contributed by atoms with Crippen molar-refractivity contribution in [3.05, 3.63) is 42.1 Å². The van der Waals surface area contributed by atoms with E-state index in [-0.39, 0.29) is 5.96 Å². The van der Waals surface area contributed by atoms with Gasteiger partial charge in [-0.2, -0.15) is 0 Å². The summed E-state index contributed by atoms with van der Waals surface area (Å²) in [5.74, 6) is 0.0879. The Morgan fingerprint density at radius 1 is 1.13 bits per heavy atom. The van der Waals surface area contributed by atoms with Crippen molar-refractivity contribution in [2.45, 2.75) is 6.54 Å². The third kappa shape index (κ3) is 2.22. The van der Waals surface area contributed by atoms with E-state index in [1.807, 2.05) is 36.4 Å². The van der Waals surface area contributed by atoms with Crippen molar-refractivity contribution in [3.8, 4) is 0 Å². The molecule has 0 saturated carbocycles. The largest absolute Gasteiger partial charge is 0.370 e. The molecule has 0 bridgehead atoms. The molecule has 1 heterocycles. The molecule has 4 nitrogen and oxygen atoms in total. The summed E-state index contributed by atoms with van der Waals surface area (Å²) in [5, 5.41) is 1.12. The van der Waals surface area contributed by atoms with Gasteiger partial charge in [0.2, 0.25) is 0 Å². The fourth-order valence-corrected chi connectivity index (χ4v) is 1.37. The van der Waals surface area contributed by atoms with E-state index in [0.717, 1.165) is 16.6 Å². The highest BCUT2D eigenvalue weighted by Crippen LogP contribution is 2.11. The first-order chi connectivity index (χ1) is 7.25. The van der Waals surface area contributed by atoms with Crippen LogP contribution >= 0.6 is 0 Å². The lowest BCUT2D eigenvalue weighted by molar-refractivity contribution is 0.997. The first-order valence-corrected chi connectivity index (χ1v) is 4.66. The number of para-hydroxylation sites is 1. The Bertz CT molecular complexity index is 501. The number of aliphatic imine (C=N–C) groups is 1. The molecule has 0 aliphatic carbocycles. The maximum absolute atomic E-state index is 5.25. The van der Waals surface area contributed by atoms with Crippen molar-refractivity contribution in [1.29, 1.82) is 0 Å². The van der Waals surface area contributed by atoms with Crippen molar-refractivity contribution in [2.24, 2.45) is 16.5 Å². The lowest BCUT2D eigenvalue weighted by Crippen LogP contribution is -2.22. The molecule has 0 fully saturated rings. The average Bonchev–Trinajstić information content (AvgIpc) is 2.26. The molecule has 0 unspecified atom stereocenters. The maximum atomic E-state index is 5.25. The number of aromatic nitrogens is 1. The smallest absolute Gasteiger partial charge is 0.186 e. The minimum Gasteiger partial charge on any atom is -0.370 e. The highest BCUT2D eigenvalue weighted by atomic mass is 15.0. The highest BCUT2D eigenvalue weighted by Gasteiger charge is 1.96. The van der Waals surface area contributed by atoms with Crippen molar-refractivity contribution in [3.63, 3.8) is 0 Å². The van der Waals surface area contributed by atoms with Crippen LogP contribution in [0.5, 0.6) is 0 Å². The Morgan fingerprint density at radius 2 is 1.93 bits per heavy atom. The zero-order valence-electron chi connectivity index (χ0n) is 8.22. The molecule has 2 aromatic rings. The number of nitrogens with two attached hydrogens (primary N) is 2. The molecule has 0 radical (unpaired) electrons. The molecule has 0 atom stereocenters. The first-order valence-electron chi connectivity index (χ1n) is 4.66. The van der Waals surface area contributed by atoms with Crippen LogP contribution in [-0.4, -0.2) is 10.9 Å². The zero-order chi connectivity index (χ0) is 10.7. The summed E-state index contributed by atoms with van der Waals surface area (Å²) < 4.78 is 0. The summed E-state index contributed by atoms with van der Waals surface area (Å²) in [5.41, 5.74) is 12.3. The van der Waals surface area contributed by atoms with Crippen molar-refractivity contribution in [2.75, 3.05) is 0 Å². The minimum absolute atomic E-state index is 0.0879. The van der Waals surface area contributed by atoms with Gasteiger partial charge >= 0.3 is 0 Å². The highest BCUT2D eigenvalue weighted by molar-refractivity contribution is 5.78. The van der Waals surface area contributed by atoms with E-state index in [2.05, 4.69) is 9.98 Å². The molecule has 0 spiro atoms. The van der Waals surface area contributed by atoms with Gasteiger partial charge in [-0.25, -0.2) is 4.99 Å². The quantitative estimate of drug-likeness (QED) is 0.561. The number of fused-ring (bicyclic) bond motifs is 1. The molecule has 15 heavy (non-hydrogen) atoms. The second-order valence-electron chi connectivity index (χ2n) is 3.24. The van der Waals surface area contributed by atoms with E-state index in [1.54, 1.807) is 0 Å². The van der Waals surface area contributed by atoms with Gasteiger partial charge in [0.05, 0.1) is 17.8 Å². The molecular weight excluding hydrogens is 188 g/mol. The van der Waals surface area contributed by atoms with Gasteiger partial charge in [0.25, 0.3) is 0 Å². The van der Waals surface area contributed by atoms with Crippen LogP contribution in [-0.2, 0) is 6.54 Å². The van der Waals surface area contributed by atoms with Gasteiger partial charge in [0.1, 0.15) is 0 Å². The summed E-state index contributed by atoms with van der Waals surface area (Å²) in [6.07, 6.45) is 0. The monoisotopic (exact) mass is 200 g/mol. The standard InChI is InChI=1S/C11H12N4/c12-11(13)14-7-9-6-5-8-3-1-2-4-10(8)15-9/h1-6H,7H2,(H4,12,13,14). The third-order valence-corrected chi connectivity index (χ3v) is 2.08. The van der Waals surface area contributed by atoms with Gasteiger partial charge in [-0.3, -0.25) is 4.98 Å². The van der Waals surface area contributed by atoms with Gasteiger partial charge in [0.15, 0.2) is 5.96 Å². The molecule has 4 N–H and O–H groups in total. The molecule has 1 aromatic heterocycles. The topological polar surface area (TPSA) is 77.3 Å². The summed E-state index contributed by atoms with van der Waals surface area (Å²) in [6, 6.07) is 11.9. The van der Waals surface area contributed by atoms with Gasteiger partial charge in [-0.05, 0) is 12.1 Å². The van der Waals surface area contributed by atoms with Crippen LogP contribution in [0, 0.1) is 0 Å². The summed E-state index contributed by atoms with van der Waals surface area (Å²) in [4.78, 5) is 8.34. The summed E-state index contributed by atoms with van der Waals surface area (Å²) in [7, 11) is 0. The third-order valence-electron chi connectivity index (χ3n) is 2.08. The fraction of sp³-hybridized carbons (Fsp3) is 0.0909. The number of rotatable bonds is 2. The van der Waals surface area contributed by atoms with Gasteiger partial charge in [-0.15, -0.1) is 0 Å². The van der Waals surface area contributed by atoms with Crippen molar-refractivity contribution >= 4 is 16.9 Å². The summed E-state index contributed by atoms with van der Waals surface area (Å²) >= 11 is 0. The molecule has 0 aliphatic heterocycles. The number of hydrogen-bond acceptors (Lipinski definition) is 2. The lowest BCUT2D eigenvalue weighted by atomic mass is 10.2. The van der Waals surface area contributed by atoms with E-state index in [0.29, 0.717) is 6.54 Å². The second kappa shape index (κ2) is 3.96. The fourth-order valence-electron chi connectivity index (χ4n) is 1.37. The van der Waals surface area contributed by atoms with Crippen LogP contribution in [0.1, 0.15) is 5.69 Å². The predicted octanol–water partition coefficient (Wildman–Crippen LogP) is 1.01. The Balaban J connectivity index is 2.34. The van der Waals surface area contributed by atoms with E-state index >= 15 is 0 Å². The molecular formula is C11H12N4. The molecule has 76 valence electrons. The average molecular weight is 200 g/mol. The molecule has 0 amide bonds. The molecule has 0 saturated heterocycles. The summed E-state index contributed by atoms with van der Waals surface area (Å²) in [6.45, 7) is 0.424. The van der Waals surface area contributed by atoms with E-state index in [1.165, 1.54) is 0 Å². The van der Waals surface area contributed by atoms with Crippen LogP contribution in [0.3, 0.4) is 0 Å². The SMILES string of the molecule is NC(N)=NCc1ccc2ccccc2n1. The predicted molar refractivity (Wildman–Crippen MR) is 61.3 cm³/mol. The Hall–Kier alpha value is -2.10. The number of benzene rings is 1. The second-order valence-corrected chi connectivity index (χ2v) is 3.24. The van der Waals surface area contributed by atoms with Crippen LogP contribution in [0.4, 0.5) is 0 Å². The Kier molecular flexibility index (Phi) is 2.49. The van der Waals surface area contributed by atoms with E-state index < -0.39 is 0 Å². The van der Waals surface area contributed by atoms with Crippen LogP contribution in [0.15, 0.2) is 41.4 Å². The lowest BCUT2D eigenvalue weighted by Gasteiger charge is -2.00. The van der Waals surface area contributed by atoms with Gasteiger partial charge < -0.3 is 11.5 Å². The Morgan fingerprint density at radius 3 is 2.73 bits per heavy atom. The first kappa shape index (κ1) is 9.45. The Labute approximate surface area is 87.6 Å². The molecule has 1 aromatic carbocycles. The van der Waals surface area contributed by atoms with Gasteiger partial charge in [0, 0.05) is 5.39 Å². The van der Waals surface area contributed by atoms with Crippen LogP contribution in [0.25, 0.3) is 10.9 Å². The maximum Gasteiger partial charge on any atom is 0.186 e. The van der Waals surface area contributed by atoms with Crippen molar-refractivity contribution < 1.29 is 0 Å².